The van der Waals surface area contributed by atoms with Gasteiger partial charge in [-0.3, -0.25) is 10.1 Å². The number of nitrogens with zero attached hydrogens (tertiary/aromatic N) is 1. The molecule has 2 aromatic rings. The number of nitro groups is 1. The molecule has 2 rings (SSSR count). The average Bonchev–Trinajstić information content (AvgIpc) is 2.60. The molecule has 11 heteroatoms. The van der Waals surface area contributed by atoms with Gasteiger partial charge in [0.25, 0.3) is 5.69 Å². The van der Waals surface area contributed by atoms with Gasteiger partial charge in [0.1, 0.15) is 5.69 Å². The van der Waals surface area contributed by atoms with Crippen LogP contribution < -0.4 is 10.0 Å². The first-order valence-corrected chi connectivity index (χ1v) is 10.4. The Morgan fingerprint density at radius 1 is 1.21 bits per heavy atom. The third kappa shape index (κ3) is 5.79. The topological polar surface area (TPSA) is 111 Å². The summed E-state index contributed by atoms with van der Waals surface area (Å²) in [6.07, 6.45) is 0. The Balaban J connectivity index is 2.26. The molecule has 0 amide bonds. The number of methoxy groups -OCH3 is 1. The van der Waals surface area contributed by atoms with Gasteiger partial charge in [0, 0.05) is 35.8 Å². The summed E-state index contributed by atoms with van der Waals surface area (Å²) in [6, 6.07) is 8.08. The smallest absolute Gasteiger partial charge is 0.293 e. The van der Waals surface area contributed by atoms with Gasteiger partial charge >= 0.3 is 0 Å². The highest BCUT2D eigenvalue weighted by atomic mass is 35.5. The number of nitro benzene ring substituents is 1. The van der Waals surface area contributed by atoms with Crippen LogP contribution in [-0.4, -0.2) is 33.1 Å². The second-order valence-corrected chi connectivity index (χ2v) is 8.56. The zero-order valence-electron chi connectivity index (χ0n) is 15.1. The summed E-state index contributed by atoms with van der Waals surface area (Å²) in [5.74, 6) is 0. The standard InChI is InChI=1S/C17H19Cl2N3O5S/c1-11(10-27-2)21-28(25,26)14-5-6-16(17(8-14)22(23)24)20-9-12-3-4-13(18)7-15(12)19/h3-8,11,20-21H,9-10H2,1-2H3/t11-/m1/s1. The molecule has 0 spiro atoms. The number of sulfonamides is 1. The number of hydrogen-bond donors (Lipinski definition) is 2. The quantitative estimate of drug-likeness (QED) is 0.446. The second kappa shape index (κ2) is 9.53. The largest absolute Gasteiger partial charge is 0.383 e. The molecule has 0 fully saturated rings. The first-order valence-electron chi connectivity index (χ1n) is 8.11. The molecular weight excluding hydrogens is 429 g/mol. The van der Waals surface area contributed by atoms with Crippen LogP contribution in [0.4, 0.5) is 11.4 Å². The molecule has 152 valence electrons. The molecule has 0 aliphatic heterocycles. The van der Waals surface area contributed by atoms with E-state index >= 15 is 0 Å². The van der Waals surface area contributed by atoms with Crippen molar-refractivity contribution in [3.05, 3.63) is 62.1 Å². The van der Waals surface area contributed by atoms with Crippen molar-refractivity contribution in [3.8, 4) is 0 Å². The van der Waals surface area contributed by atoms with Gasteiger partial charge in [0.15, 0.2) is 0 Å². The van der Waals surface area contributed by atoms with Crippen LogP contribution in [-0.2, 0) is 21.3 Å². The van der Waals surface area contributed by atoms with Crippen LogP contribution in [0.5, 0.6) is 0 Å². The average molecular weight is 448 g/mol. The summed E-state index contributed by atoms with van der Waals surface area (Å²) >= 11 is 12.0. The number of benzene rings is 2. The Morgan fingerprint density at radius 2 is 1.93 bits per heavy atom. The maximum atomic E-state index is 12.4. The molecular formula is C17H19Cl2N3O5S. The normalized spacial score (nSPS) is 12.6. The highest BCUT2D eigenvalue weighted by Gasteiger charge is 2.23. The predicted octanol–water partition coefficient (Wildman–Crippen LogP) is 3.83. The SMILES string of the molecule is COC[C@@H](C)NS(=O)(=O)c1ccc(NCc2ccc(Cl)cc2Cl)c([N+](=O)[O-])c1. The van der Waals surface area contributed by atoms with E-state index in [1.165, 1.54) is 19.2 Å². The van der Waals surface area contributed by atoms with Crippen LogP contribution >= 0.6 is 23.2 Å². The number of rotatable bonds is 9. The van der Waals surface area contributed by atoms with E-state index in [4.69, 9.17) is 27.9 Å². The third-order valence-corrected chi connectivity index (χ3v) is 5.91. The molecule has 8 nitrogen and oxygen atoms in total. The van der Waals surface area contributed by atoms with Crippen LogP contribution in [0.25, 0.3) is 0 Å². The van der Waals surface area contributed by atoms with Gasteiger partial charge in [-0.15, -0.1) is 0 Å². The molecule has 0 radical (unpaired) electrons. The Labute approximate surface area is 173 Å². The number of nitrogens with one attached hydrogen (secondary N) is 2. The molecule has 28 heavy (non-hydrogen) atoms. The van der Waals surface area contributed by atoms with Gasteiger partial charge < -0.3 is 10.1 Å². The van der Waals surface area contributed by atoms with E-state index in [-0.39, 0.29) is 29.4 Å². The highest BCUT2D eigenvalue weighted by molar-refractivity contribution is 7.89. The monoisotopic (exact) mass is 447 g/mol. The van der Waals surface area contributed by atoms with Crippen molar-refractivity contribution in [2.24, 2.45) is 0 Å². The summed E-state index contributed by atoms with van der Waals surface area (Å²) in [5.41, 5.74) is 0.486. The van der Waals surface area contributed by atoms with Crippen LogP contribution in [0.15, 0.2) is 41.3 Å². The molecule has 0 saturated carbocycles. The summed E-state index contributed by atoms with van der Waals surface area (Å²) in [6.45, 7) is 2.00. The van der Waals surface area contributed by atoms with E-state index in [0.29, 0.717) is 15.6 Å². The van der Waals surface area contributed by atoms with Gasteiger partial charge in [-0.05, 0) is 36.8 Å². The molecule has 0 aliphatic carbocycles. The summed E-state index contributed by atoms with van der Waals surface area (Å²) in [5, 5.41) is 15.2. The number of anilines is 1. The minimum absolute atomic E-state index is 0.167. The lowest BCUT2D eigenvalue weighted by Crippen LogP contribution is -2.35. The van der Waals surface area contributed by atoms with Gasteiger partial charge in [-0.1, -0.05) is 29.3 Å². The number of halogens is 2. The van der Waals surface area contributed by atoms with Crippen LogP contribution in [0.1, 0.15) is 12.5 Å². The van der Waals surface area contributed by atoms with Crippen molar-refractivity contribution in [1.82, 2.24) is 4.72 Å². The first-order chi connectivity index (χ1) is 13.1. The van der Waals surface area contributed by atoms with Crippen molar-refractivity contribution < 1.29 is 18.1 Å². The molecule has 0 aliphatic rings. The number of hydrogen-bond acceptors (Lipinski definition) is 6. The summed E-state index contributed by atoms with van der Waals surface area (Å²) in [7, 11) is -2.48. The fourth-order valence-electron chi connectivity index (χ4n) is 2.45. The van der Waals surface area contributed by atoms with Crippen LogP contribution in [0.3, 0.4) is 0 Å². The lowest BCUT2D eigenvalue weighted by atomic mass is 10.2. The molecule has 0 aromatic heterocycles. The molecule has 0 heterocycles. The van der Waals surface area contributed by atoms with E-state index in [1.807, 2.05) is 0 Å². The van der Waals surface area contributed by atoms with Gasteiger partial charge in [-0.25, -0.2) is 13.1 Å². The summed E-state index contributed by atoms with van der Waals surface area (Å²) in [4.78, 5) is 10.6. The lowest BCUT2D eigenvalue weighted by molar-refractivity contribution is -0.384. The molecule has 0 unspecified atom stereocenters. The Hall–Kier alpha value is -1.91. The highest BCUT2D eigenvalue weighted by Crippen LogP contribution is 2.29. The van der Waals surface area contributed by atoms with Gasteiger partial charge in [0.2, 0.25) is 10.0 Å². The van der Waals surface area contributed by atoms with Gasteiger partial charge in [0.05, 0.1) is 16.4 Å². The Bertz CT molecular complexity index is 969. The van der Waals surface area contributed by atoms with Crippen LogP contribution in [0.2, 0.25) is 10.0 Å². The molecule has 1 atom stereocenters. The van der Waals surface area contributed by atoms with Crippen LogP contribution in [0, 0.1) is 10.1 Å². The molecule has 0 bridgehead atoms. The Morgan fingerprint density at radius 3 is 2.54 bits per heavy atom. The van der Waals surface area contributed by atoms with Crippen molar-refractivity contribution in [1.29, 1.82) is 0 Å². The minimum atomic E-state index is -3.93. The van der Waals surface area contributed by atoms with E-state index in [1.54, 1.807) is 25.1 Å². The predicted molar refractivity (Wildman–Crippen MR) is 109 cm³/mol. The molecule has 2 aromatic carbocycles. The van der Waals surface area contributed by atoms with E-state index in [9.17, 15) is 18.5 Å². The van der Waals surface area contributed by atoms with Crippen molar-refractivity contribution in [3.63, 3.8) is 0 Å². The third-order valence-electron chi connectivity index (χ3n) is 3.73. The van der Waals surface area contributed by atoms with E-state index in [2.05, 4.69) is 10.0 Å². The zero-order chi connectivity index (χ0) is 20.9. The maximum Gasteiger partial charge on any atom is 0.293 e. The lowest BCUT2D eigenvalue weighted by Gasteiger charge is -2.14. The van der Waals surface area contributed by atoms with E-state index < -0.39 is 21.0 Å². The second-order valence-electron chi connectivity index (χ2n) is 6.00. The number of ether oxygens (including phenoxy) is 1. The first kappa shape index (κ1) is 22.4. The maximum absolute atomic E-state index is 12.4. The van der Waals surface area contributed by atoms with Crippen molar-refractivity contribution >= 4 is 44.6 Å². The Kier molecular flexibility index (Phi) is 7.62. The fourth-order valence-corrected chi connectivity index (χ4v) is 4.17. The van der Waals surface area contributed by atoms with Crippen molar-refractivity contribution in [2.45, 2.75) is 24.4 Å². The van der Waals surface area contributed by atoms with E-state index in [0.717, 1.165) is 6.07 Å². The van der Waals surface area contributed by atoms with Crippen molar-refractivity contribution in [2.75, 3.05) is 19.0 Å². The minimum Gasteiger partial charge on any atom is -0.383 e. The fraction of sp³-hybridized carbons (Fsp3) is 0.294. The van der Waals surface area contributed by atoms with Gasteiger partial charge in [-0.2, -0.15) is 0 Å². The molecule has 0 saturated heterocycles. The molecule has 2 N–H and O–H groups in total. The summed E-state index contributed by atoms with van der Waals surface area (Å²) < 4.78 is 32.1. The zero-order valence-corrected chi connectivity index (χ0v) is 17.4.